The summed E-state index contributed by atoms with van der Waals surface area (Å²) in [6, 6.07) is 6.86. The van der Waals surface area contributed by atoms with E-state index in [1.165, 1.54) is 14.2 Å². The Balaban J connectivity index is 0.00000280. The van der Waals surface area contributed by atoms with Gasteiger partial charge in [0.05, 0.1) is 37.0 Å². The number of piperidine rings is 1. The van der Waals surface area contributed by atoms with E-state index in [4.69, 9.17) is 18.9 Å². The number of ether oxygens (including phenoxy) is 4. The highest BCUT2D eigenvalue weighted by molar-refractivity contribution is 6.27. The standard InChI is InChI=1S/C27H28N2O7.ClH/c1-33-20-9-16-19(12-21(20)34-2)27(32)29(8-4-7-28-6-3-5-15(30)13-28)25-17-10-22-23(36-14-35-22)11-18(17)26(31)24(16)25;/h9-12,15,30H,3-8,13-14H2,1-2H3;1H. The molecule has 10 heteroatoms. The first-order valence-corrected chi connectivity index (χ1v) is 12.2. The van der Waals surface area contributed by atoms with Gasteiger partial charge in [-0.25, -0.2) is 0 Å². The average molecular weight is 529 g/mol. The summed E-state index contributed by atoms with van der Waals surface area (Å²) in [6.45, 7) is 2.86. The van der Waals surface area contributed by atoms with Crippen molar-refractivity contribution >= 4 is 29.0 Å². The number of rotatable bonds is 6. The smallest absolute Gasteiger partial charge is 0.259 e. The SMILES string of the molecule is COc1cc2c3c(n(CCCN4CCCC(O)C4)c(=O)c2cc1OC)-c1cc2c(cc1C3=O)OCO2.Cl. The molecule has 1 atom stereocenters. The Hall–Kier alpha value is -3.27. The number of halogens is 1. The van der Waals surface area contributed by atoms with Gasteiger partial charge in [0.25, 0.3) is 5.56 Å². The third kappa shape index (κ3) is 4.11. The number of hydrogen-bond acceptors (Lipinski definition) is 8. The molecular formula is C27H29ClN2O7. The van der Waals surface area contributed by atoms with Crippen LogP contribution in [0.5, 0.6) is 23.0 Å². The largest absolute Gasteiger partial charge is 0.493 e. The fraction of sp³-hybridized carbons (Fsp3) is 0.407. The number of β-amino-alcohol motifs (C(OH)–C–C–N with tert-alkyl or cyclic N) is 1. The van der Waals surface area contributed by atoms with Crippen molar-refractivity contribution in [1.82, 2.24) is 9.47 Å². The van der Waals surface area contributed by atoms with E-state index < -0.39 is 0 Å². The molecule has 0 bridgehead atoms. The number of nitrogens with zero attached hydrogens (tertiary/aromatic N) is 2. The predicted molar refractivity (Wildman–Crippen MR) is 140 cm³/mol. The topological polar surface area (TPSA) is 99.5 Å². The minimum Gasteiger partial charge on any atom is -0.493 e. The Morgan fingerprint density at radius 1 is 0.973 bits per heavy atom. The minimum absolute atomic E-state index is 0. The third-order valence-electron chi connectivity index (χ3n) is 7.35. The van der Waals surface area contributed by atoms with Crippen LogP contribution in [0, 0.1) is 0 Å². The van der Waals surface area contributed by atoms with Crippen molar-refractivity contribution in [1.29, 1.82) is 0 Å². The molecule has 1 unspecified atom stereocenters. The monoisotopic (exact) mass is 528 g/mol. The van der Waals surface area contributed by atoms with E-state index in [1.54, 1.807) is 28.8 Å². The van der Waals surface area contributed by atoms with Gasteiger partial charge in [-0.05, 0) is 56.6 Å². The van der Waals surface area contributed by atoms with Crippen LogP contribution >= 0.6 is 12.4 Å². The number of carbonyl (C=O) groups excluding carboxylic acids is 1. The number of carbonyl (C=O) groups is 1. The van der Waals surface area contributed by atoms with Gasteiger partial charge in [-0.2, -0.15) is 0 Å². The van der Waals surface area contributed by atoms with Crippen molar-refractivity contribution in [2.24, 2.45) is 0 Å². The molecule has 0 saturated carbocycles. The molecule has 1 aromatic heterocycles. The molecule has 3 heterocycles. The maximum absolute atomic E-state index is 13.9. The summed E-state index contributed by atoms with van der Waals surface area (Å²) < 4.78 is 23.7. The van der Waals surface area contributed by atoms with Gasteiger partial charge in [0.2, 0.25) is 6.79 Å². The van der Waals surface area contributed by atoms with E-state index in [9.17, 15) is 14.7 Å². The summed E-state index contributed by atoms with van der Waals surface area (Å²) in [4.78, 5) is 29.9. The van der Waals surface area contributed by atoms with Gasteiger partial charge in [-0.15, -0.1) is 12.4 Å². The van der Waals surface area contributed by atoms with Gasteiger partial charge in [-0.3, -0.25) is 9.59 Å². The van der Waals surface area contributed by atoms with Gasteiger partial charge in [0, 0.05) is 29.6 Å². The lowest BCUT2D eigenvalue weighted by Gasteiger charge is -2.30. The van der Waals surface area contributed by atoms with E-state index in [1.807, 2.05) is 0 Å². The second-order valence-electron chi connectivity index (χ2n) is 9.46. The molecular weight excluding hydrogens is 500 g/mol. The number of aliphatic hydroxyl groups excluding tert-OH is 1. The number of methoxy groups -OCH3 is 2. The van der Waals surface area contributed by atoms with Crippen molar-refractivity contribution in [3.8, 4) is 34.3 Å². The average Bonchev–Trinajstić information content (AvgIpc) is 3.46. The van der Waals surface area contributed by atoms with Crippen molar-refractivity contribution in [2.75, 3.05) is 40.6 Å². The number of aromatic nitrogens is 1. The molecule has 196 valence electrons. The molecule has 2 aromatic carbocycles. The normalized spacial score (nSPS) is 17.9. The highest BCUT2D eigenvalue weighted by atomic mass is 35.5. The van der Waals surface area contributed by atoms with E-state index in [-0.39, 0.29) is 36.6 Å². The maximum atomic E-state index is 13.9. The van der Waals surface area contributed by atoms with Crippen LogP contribution in [-0.2, 0) is 6.54 Å². The lowest BCUT2D eigenvalue weighted by Crippen LogP contribution is -2.39. The fourth-order valence-electron chi connectivity index (χ4n) is 5.64. The number of aliphatic hydroxyl groups is 1. The Labute approximate surface area is 219 Å². The summed E-state index contributed by atoms with van der Waals surface area (Å²) in [5, 5.41) is 11.0. The van der Waals surface area contributed by atoms with Crippen molar-refractivity contribution in [3.63, 3.8) is 0 Å². The molecule has 1 N–H and O–H groups in total. The Morgan fingerprint density at radius 2 is 1.65 bits per heavy atom. The molecule has 3 aromatic rings. The zero-order chi connectivity index (χ0) is 25.0. The van der Waals surface area contributed by atoms with Crippen LogP contribution in [0.1, 0.15) is 35.2 Å². The predicted octanol–water partition coefficient (Wildman–Crippen LogP) is 3.23. The molecule has 9 nitrogen and oxygen atoms in total. The number of fused-ring (bicyclic) bond motifs is 6. The molecule has 0 amide bonds. The van der Waals surface area contributed by atoms with E-state index in [0.717, 1.165) is 25.9 Å². The van der Waals surface area contributed by atoms with Crippen LogP contribution in [0.4, 0.5) is 0 Å². The van der Waals surface area contributed by atoms with Gasteiger partial charge >= 0.3 is 0 Å². The highest BCUT2D eigenvalue weighted by Crippen LogP contribution is 2.46. The molecule has 3 aliphatic rings. The van der Waals surface area contributed by atoms with Crippen molar-refractivity contribution in [2.45, 2.75) is 31.9 Å². The number of pyridine rings is 1. The molecule has 1 aliphatic carbocycles. The molecule has 37 heavy (non-hydrogen) atoms. The quantitative estimate of drug-likeness (QED) is 0.407. The van der Waals surface area contributed by atoms with Crippen LogP contribution in [0.15, 0.2) is 29.1 Å². The van der Waals surface area contributed by atoms with Crippen LogP contribution in [0.2, 0.25) is 0 Å². The molecule has 1 fully saturated rings. The maximum Gasteiger partial charge on any atom is 0.259 e. The van der Waals surface area contributed by atoms with Gasteiger partial charge < -0.3 is 33.5 Å². The minimum atomic E-state index is -0.303. The van der Waals surface area contributed by atoms with Gasteiger partial charge in [0.15, 0.2) is 28.8 Å². The van der Waals surface area contributed by atoms with Gasteiger partial charge in [0.1, 0.15) is 0 Å². The van der Waals surface area contributed by atoms with Crippen molar-refractivity contribution < 1.29 is 28.8 Å². The fourth-order valence-corrected chi connectivity index (χ4v) is 5.64. The first-order valence-electron chi connectivity index (χ1n) is 12.2. The van der Waals surface area contributed by atoms with E-state index in [0.29, 0.717) is 75.7 Å². The Kier molecular flexibility index (Phi) is 6.78. The summed E-state index contributed by atoms with van der Waals surface area (Å²) in [7, 11) is 3.05. The molecule has 2 aliphatic heterocycles. The second kappa shape index (κ2) is 9.89. The number of benzene rings is 2. The first-order chi connectivity index (χ1) is 17.5. The van der Waals surface area contributed by atoms with Crippen LogP contribution < -0.4 is 24.5 Å². The number of ketones is 1. The van der Waals surface area contributed by atoms with Crippen LogP contribution in [0.25, 0.3) is 22.0 Å². The number of hydrogen-bond donors (Lipinski definition) is 1. The Bertz CT molecular complexity index is 1450. The van der Waals surface area contributed by atoms with Crippen LogP contribution in [0.3, 0.4) is 0 Å². The molecule has 6 rings (SSSR count). The molecule has 0 radical (unpaired) electrons. The summed E-state index contributed by atoms with van der Waals surface area (Å²) >= 11 is 0. The third-order valence-corrected chi connectivity index (χ3v) is 7.35. The highest BCUT2D eigenvalue weighted by Gasteiger charge is 2.35. The Morgan fingerprint density at radius 3 is 2.32 bits per heavy atom. The first kappa shape index (κ1) is 25.4. The van der Waals surface area contributed by atoms with E-state index in [2.05, 4.69) is 4.90 Å². The molecule has 0 spiro atoms. The zero-order valence-corrected chi connectivity index (χ0v) is 21.6. The lowest BCUT2D eigenvalue weighted by atomic mass is 10.0. The summed E-state index contributed by atoms with van der Waals surface area (Å²) in [6.07, 6.45) is 2.19. The van der Waals surface area contributed by atoms with Gasteiger partial charge in [-0.1, -0.05) is 0 Å². The zero-order valence-electron chi connectivity index (χ0n) is 20.7. The lowest BCUT2D eigenvalue weighted by molar-refractivity contribution is 0.0695. The van der Waals surface area contributed by atoms with Crippen LogP contribution in [-0.4, -0.2) is 67.1 Å². The summed E-state index contributed by atoms with van der Waals surface area (Å²) in [5.41, 5.74) is 2.03. The molecule has 1 saturated heterocycles. The van der Waals surface area contributed by atoms with E-state index >= 15 is 0 Å². The van der Waals surface area contributed by atoms with Crippen molar-refractivity contribution in [3.05, 3.63) is 45.7 Å². The summed E-state index contributed by atoms with van der Waals surface area (Å²) in [5.74, 6) is 1.80. The number of likely N-dealkylation sites (tertiary alicyclic amines) is 1. The second-order valence-corrected chi connectivity index (χ2v) is 9.46.